The summed E-state index contributed by atoms with van der Waals surface area (Å²) < 4.78 is 92.6. The number of benzene rings is 3. The number of fused-ring (bicyclic) bond motifs is 1. The number of alkyl halides is 3. The van der Waals surface area contributed by atoms with Crippen molar-refractivity contribution in [2.24, 2.45) is 5.92 Å². The topological polar surface area (TPSA) is 18.5 Å². The average Bonchev–Trinajstić information content (AvgIpc) is 3.21. The van der Waals surface area contributed by atoms with Gasteiger partial charge in [-0.05, 0) is 59.6 Å². The van der Waals surface area contributed by atoms with Crippen molar-refractivity contribution in [1.29, 1.82) is 0 Å². The summed E-state index contributed by atoms with van der Waals surface area (Å²) in [5.41, 5.74) is 2.49. The summed E-state index contributed by atoms with van der Waals surface area (Å²) in [5.74, 6) is -5.48. The Balaban J connectivity index is 1.54. The van der Waals surface area contributed by atoms with Crippen LogP contribution in [0.5, 0.6) is 11.5 Å². The molecular weight excluding hydrogens is 470 g/mol. The summed E-state index contributed by atoms with van der Waals surface area (Å²) in [7, 11) is 0. The van der Waals surface area contributed by atoms with Crippen molar-refractivity contribution in [3.8, 4) is 22.6 Å². The maximum atomic E-state index is 14.8. The molecule has 186 valence electrons. The van der Waals surface area contributed by atoms with Crippen LogP contribution < -0.4 is 9.47 Å². The molecule has 0 aliphatic heterocycles. The van der Waals surface area contributed by atoms with E-state index in [1.54, 1.807) is 0 Å². The van der Waals surface area contributed by atoms with Crippen LogP contribution in [0.2, 0.25) is 0 Å². The van der Waals surface area contributed by atoms with E-state index in [4.69, 9.17) is 0 Å². The Labute approximate surface area is 199 Å². The molecule has 3 aromatic rings. The van der Waals surface area contributed by atoms with Gasteiger partial charge in [0.1, 0.15) is 11.6 Å². The SMILES string of the molecule is CCCCC1Cc2ccc(-c3ccc(C(F)(F)Oc4cc(F)c(OCF)c(F)c4)c(F)c3)cc2C1. The molecule has 0 fully saturated rings. The third-order valence-electron chi connectivity index (χ3n) is 6.22. The Hall–Kier alpha value is -3.16. The second kappa shape index (κ2) is 10.2. The van der Waals surface area contributed by atoms with E-state index in [9.17, 15) is 26.3 Å². The molecule has 2 nitrogen and oxygen atoms in total. The van der Waals surface area contributed by atoms with E-state index >= 15 is 0 Å². The number of hydrogen-bond donors (Lipinski definition) is 0. The first-order valence-corrected chi connectivity index (χ1v) is 11.4. The zero-order chi connectivity index (χ0) is 25.2. The van der Waals surface area contributed by atoms with Crippen LogP contribution in [0, 0.1) is 23.4 Å². The lowest BCUT2D eigenvalue weighted by atomic mass is 9.98. The van der Waals surface area contributed by atoms with Crippen LogP contribution in [0.1, 0.15) is 42.9 Å². The minimum absolute atomic E-state index is 0.409. The summed E-state index contributed by atoms with van der Waals surface area (Å²) in [6, 6.07) is 9.85. The maximum absolute atomic E-state index is 14.8. The standard InChI is InChI=1S/C27H24F6O2/c1-2-3-4-16-9-17-5-6-18(11-20(17)10-16)19-7-8-22(23(29)12-19)27(32,33)35-21-13-24(30)26(34-15-28)25(31)14-21/h5-8,11-14,16H,2-4,9-10,15H2,1H3. The second-order valence-corrected chi connectivity index (χ2v) is 8.68. The highest BCUT2D eigenvalue weighted by molar-refractivity contribution is 5.66. The van der Waals surface area contributed by atoms with Gasteiger partial charge in [-0.1, -0.05) is 44.0 Å². The molecule has 1 unspecified atom stereocenters. The van der Waals surface area contributed by atoms with Crippen molar-refractivity contribution in [2.45, 2.75) is 45.1 Å². The Morgan fingerprint density at radius 1 is 0.857 bits per heavy atom. The molecule has 0 bridgehead atoms. The fourth-order valence-corrected chi connectivity index (χ4v) is 4.51. The molecule has 0 aromatic heterocycles. The lowest BCUT2D eigenvalue weighted by Gasteiger charge is -2.20. The van der Waals surface area contributed by atoms with E-state index in [0.717, 1.165) is 37.8 Å². The molecule has 0 amide bonds. The molecule has 0 heterocycles. The van der Waals surface area contributed by atoms with E-state index in [0.29, 0.717) is 29.2 Å². The molecular formula is C27H24F6O2. The normalized spacial score (nSPS) is 15.2. The third-order valence-corrected chi connectivity index (χ3v) is 6.22. The van der Waals surface area contributed by atoms with Crippen LogP contribution in [0.15, 0.2) is 48.5 Å². The predicted molar refractivity (Wildman–Crippen MR) is 120 cm³/mol. The van der Waals surface area contributed by atoms with Crippen LogP contribution >= 0.6 is 0 Å². The van der Waals surface area contributed by atoms with Crippen LogP contribution in [0.3, 0.4) is 0 Å². The van der Waals surface area contributed by atoms with Gasteiger partial charge in [0.2, 0.25) is 6.86 Å². The van der Waals surface area contributed by atoms with Crippen molar-refractivity contribution in [3.05, 3.63) is 82.7 Å². The third kappa shape index (κ3) is 5.41. The fourth-order valence-electron chi connectivity index (χ4n) is 4.51. The quantitative estimate of drug-likeness (QED) is 0.280. The molecule has 0 N–H and O–H groups in total. The highest BCUT2D eigenvalue weighted by Gasteiger charge is 2.38. The molecule has 0 spiro atoms. The van der Waals surface area contributed by atoms with Gasteiger partial charge in [0.05, 0.1) is 5.56 Å². The minimum Gasteiger partial charge on any atom is -0.457 e. The van der Waals surface area contributed by atoms with Crippen molar-refractivity contribution >= 4 is 0 Å². The van der Waals surface area contributed by atoms with E-state index in [-0.39, 0.29) is 0 Å². The fraction of sp³-hybridized carbons (Fsp3) is 0.333. The van der Waals surface area contributed by atoms with Crippen molar-refractivity contribution in [3.63, 3.8) is 0 Å². The lowest BCUT2D eigenvalue weighted by Crippen LogP contribution is -2.23. The van der Waals surface area contributed by atoms with E-state index in [2.05, 4.69) is 16.4 Å². The molecule has 1 aliphatic rings. The van der Waals surface area contributed by atoms with Crippen molar-refractivity contribution in [1.82, 2.24) is 0 Å². The summed E-state index contributed by atoms with van der Waals surface area (Å²) >= 11 is 0. The molecule has 35 heavy (non-hydrogen) atoms. The monoisotopic (exact) mass is 494 g/mol. The van der Waals surface area contributed by atoms with E-state index < -0.39 is 47.5 Å². The molecule has 0 radical (unpaired) electrons. The van der Waals surface area contributed by atoms with Gasteiger partial charge in [-0.25, -0.2) is 17.6 Å². The van der Waals surface area contributed by atoms with Crippen molar-refractivity contribution < 1.29 is 35.8 Å². The van der Waals surface area contributed by atoms with Crippen LogP contribution in [-0.2, 0) is 19.0 Å². The summed E-state index contributed by atoms with van der Waals surface area (Å²) in [4.78, 5) is 0. The zero-order valence-corrected chi connectivity index (χ0v) is 19.0. The number of unbranched alkanes of at least 4 members (excludes halogenated alkanes) is 1. The Bertz CT molecular complexity index is 1190. The second-order valence-electron chi connectivity index (χ2n) is 8.68. The first-order chi connectivity index (χ1) is 16.7. The number of halogens is 6. The highest BCUT2D eigenvalue weighted by atomic mass is 19.3. The van der Waals surface area contributed by atoms with E-state index in [1.165, 1.54) is 23.6 Å². The van der Waals surface area contributed by atoms with Gasteiger partial charge in [-0.3, -0.25) is 0 Å². The molecule has 0 saturated heterocycles. The number of rotatable bonds is 9. The lowest BCUT2D eigenvalue weighted by molar-refractivity contribution is -0.187. The van der Waals surface area contributed by atoms with Gasteiger partial charge in [0.15, 0.2) is 17.4 Å². The molecule has 0 saturated carbocycles. The van der Waals surface area contributed by atoms with Gasteiger partial charge in [-0.2, -0.15) is 8.78 Å². The first kappa shape index (κ1) is 24.9. The van der Waals surface area contributed by atoms with Gasteiger partial charge >= 0.3 is 6.11 Å². The molecule has 1 aliphatic carbocycles. The molecule has 4 rings (SSSR count). The molecule has 1 atom stereocenters. The first-order valence-electron chi connectivity index (χ1n) is 11.4. The number of ether oxygens (including phenoxy) is 2. The number of hydrogen-bond acceptors (Lipinski definition) is 2. The van der Waals surface area contributed by atoms with Crippen LogP contribution in [0.4, 0.5) is 26.3 Å². The highest BCUT2D eigenvalue weighted by Crippen LogP contribution is 2.38. The smallest absolute Gasteiger partial charge is 0.429 e. The summed E-state index contributed by atoms with van der Waals surface area (Å²) in [6.07, 6.45) is 1.18. The summed E-state index contributed by atoms with van der Waals surface area (Å²) in [5, 5.41) is 0. The largest absolute Gasteiger partial charge is 0.457 e. The van der Waals surface area contributed by atoms with Gasteiger partial charge in [-0.15, -0.1) is 0 Å². The minimum atomic E-state index is -4.23. The van der Waals surface area contributed by atoms with Crippen LogP contribution in [0.25, 0.3) is 11.1 Å². The van der Waals surface area contributed by atoms with E-state index in [1.807, 2.05) is 18.2 Å². The van der Waals surface area contributed by atoms with Crippen molar-refractivity contribution in [2.75, 3.05) is 6.86 Å². The molecule has 3 aromatic carbocycles. The molecule has 8 heteroatoms. The average molecular weight is 494 g/mol. The Morgan fingerprint density at radius 3 is 2.17 bits per heavy atom. The zero-order valence-electron chi connectivity index (χ0n) is 19.0. The van der Waals surface area contributed by atoms with Gasteiger partial charge in [0, 0.05) is 12.1 Å². The summed E-state index contributed by atoms with van der Waals surface area (Å²) in [6.45, 7) is 0.647. The van der Waals surface area contributed by atoms with Crippen LogP contribution in [-0.4, -0.2) is 6.86 Å². The Kier molecular flexibility index (Phi) is 7.28. The van der Waals surface area contributed by atoms with Gasteiger partial charge < -0.3 is 9.47 Å². The predicted octanol–water partition coefficient (Wildman–Crippen LogP) is 8.11. The van der Waals surface area contributed by atoms with Gasteiger partial charge in [0.25, 0.3) is 0 Å². The Morgan fingerprint density at radius 2 is 1.51 bits per heavy atom. The maximum Gasteiger partial charge on any atom is 0.429 e.